The van der Waals surface area contributed by atoms with Gasteiger partial charge < -0.3 is 14.8 Å². The number of aromatic nitrogens is 1. The Bertz CT molecular complexity index is 956. The van der Waals surface area contributed by atoms with Gasteiger partial charge in [-0.15, -0.1) is 0 Å². The van der Waals surface area contributed by atoms with Gasteiger partial charge in [-0.25, -0.2) is 0 Å². The Morgan fingerprint density at radius 3 is 2.61 bits per heavy atom. The zero-order valence-corrected chi connectivity index (χ0v) is 19.0. The number of benzene rings is 1. The lowest BCUT2D eigenvalue weighted by molar-refractivity contribution is -0.118. The number of nitrogens with one attached hydrogen (secondary N) is 1. The van der Waals surface area contributed by atoms with Crippen molar-refractivity contribution in [1.82, 2.24) is 15.2 Å². The lowest BCUT2D eigenvalue weighted by Gasteiger charge is -2.23. The molecule has 1 saturated heterocycles. The molecule has 0 aliphatic carbocycles. The molecule has 2 aromatic rings. The predicted octanol–water partition coefficient (Wildman–Crippen LogP) is 3.65. The van der Waals surface area contributed by atoms with Gasteiger partial charge in [-0.3, -0.25) is 19.5 Å². The van der Waals surface area contributed by atoms with Crippen molar-refractivity contribution in [2.75, 3.05) is 19.6 Å². The molecule has 178 valence electrons. The van der Waals surface area contributed by atoms with Crippen molar-refractivity contribution in [1.29, 1.82) is 0 Å². The maximum atomic E-state index is 12.8. The second-order valence-corrected chi connectivity index (χ2v) is 8.39. The van der Waals surface area contributed by atoms with Crippen LogP contribution in [0.15, 0.2) is 42.6 Å². The van der Waals surface area contributed by atoms with E-state index in [2.05, 4.69) is 15.0 Å². The molecule has 2 heterocycles. The van der Waals surface area contributed by atoms with E-state index in [4.69, 9.17) is 4.74 Å². The van der Waals surface area contributed by atoms with Gasteiger partial charge in [-0.1, -0.05) is 12.1 Å². The van der Waals surface area contributed by atoms with E-state index in [9.17, 15) is 18.4 Å². The van der Waals surface area contributed by atoms with Crippen LogP contribution < -0.4 is 14.8 Å². The molecule has 2 atom stereocenters. The number of Topliss-reactive ketones (excluding diaryl/α,β-unsaturated/α-hetero) is 1. The van der Waals surface area contributed by atoms with Crippen LogP contribution in [0, 0.1) is 0 Å². The summed E-state index contributed by atoms with van der Waals surface area (Å²) in [5.74, 6) is 0.0356. The number of amides is 1. The van der Waals surface area contributed by atoms with E-state index in [1.54, 1.807) is 36.5 Å². The fourth-order valence-corrected chi connectivity index (χ4v) is 4.03. The zero-order valence-electron chi connectivity index (χ0n) is 19.0. The number of nitrogens with zero attached hydrogens (tertiary/aromatic N) is 2. The number of carbonyl (C=O) groups is 2. The Balaban J connectivity index is 1.75. The standard InChI is InChI=1S/C24H29F2N3O4/c1-15(2)32-22-11-17(7-8-21(22)33-24(25)26)18-10-19(29(14-18)13-16(3)30)12-28-23(31)20-6-4-5-9-27-20/h4-9,11,15,18-19,24H,10,12-14H2,1-3H3,(H,28,31)/t18-,19-/m1/s1. The van der Waals surface area contributed by atoms with E-state index < -0.39 is 6.61 Å². The first kappa shape index (κ1) is 24.6. The summed E-state index contributed by atoms with van der Waals surface area (Å²) in [5, 5.41) is 2.90. The fourth-order valence-electron chi connectivity index (χ4n) is 4.03. The van der Waals surface area contributed by atoms with E-state index in [0.717, 1.165) is 5.56 Å². The van der Waals surface area contributed by atoms with Crippen LogP contribution in [0.4, 0.5) is 8.78 Å². The monoisotopic (exact) mass is 461 g/mol. The number of ether oxygens (including phenoxy) is 2. The van der Waals surface area contributed by atoms with Crippen LogP contribution in [-0.4, -0.2) is 60.0 Å². The summed E-state index contributed by atoms with van der Waals surface area (Å²) in [6, 6.07) is 10.0. The number of hydrogen-bond donors (Lipinski definition) is 1. The number of rotatable bonds is 10. The molecule has 1 fully saturated rings. The molecule has 7 nitrogen and oxygen atoms in total. The summed E-state index contributed by atoms with van der Waals surface area (Å²) < 4.78 is 35.9. The molecule has 0 unspecified atom stereocenters. The Kier molecular flexibility index (Phi) is 8.32. The highest BCUT2D eigenvalue weighted by molar-refractivity contribution is 5.92. The van der Waals surface area contributed by atoms with Crippen molar-refractivity contribution < 1.29 is 27.8 Å². The van der Waals surface area contributed by atoms with Crippen LogP contribution >= 0.6 is 0 Å². The molecule has 1 aliphatic heterocycles. The van der Waals surface area contributed by atoms with Gasteiger partial charge >= 0.3 is 6.61 Å². The summed E-state index contributed by atoms with van der Waals surface area (Å²) in [5.41, 5.74) is 1.23. The topological polar surface area (TPSA) is 80.8 Å². The maximum absolute atomic E-state index is 12.8. The molecule has 1 N–H and O–H groups in total. The van der Waals surface area contributed by atoms with Crippen molar-refractivity contribution in [2.45, 2.75) is 51.9 Å². The van der Waals surface area contributed by atoms with Crippen molar-refractivity contribution in [3.8, 4) is 11.5 Å². The van der Waals surface area contributed by atoms with Crippen LogP contribution in [0.3, 0.4) is 0 Å². The van der Waals surface area contributed by atoms with Crippen LogP contribution in [0.2, 0.25) is 0 Å². The average Bonchev–Trinajstić information content (AvgIpc) is 3.15. The first-order valence-corrected chi connectivity index (χ1v) is 10.9. The molecule has 9 heteroatoms. The number of likely N-dealkylation sites (tertiary alicyclic amines) is 1. The fraction of sp³-hybridized carbons (Fsp3) is 0.458. The molecule has 1 amide bonds. The van der Waals surface area contributed by atoms with Gasteiger partial charge in [0.05, 0.1) is 12.6 Å². The second kappa shape index (κ2) is 11.2. The third-order valence-electron chi connectivity index (χ3n) is 5.37. The van der Waals surface area contributed by atoms with Gasteiger partial charge in [0.25, 0.3) is 5.91 Å². The maximum Gasteiger partial charge on any atom is 0.387 e. The summed E-state index contributed by atoms with van der Waals surface area (Å²) >= 11 is 0. The third kappa shape index (κ3) is 6.95. The van der Waals surface area contributed by atoms with Crippen LogP contribution in [0.5, 0.6) is 11.5 Å². The highest BCUT2D eigenvalue weighted by Gasteiger charge is 2.34. The van der Waals surface area contributed by atoms with Gasteiger partial charge in [0.15, 0.2) is 11.5 Å². The van der Waals surface area contributed by atoms with Crippen molar-refractivity contribution in [3.05, 3.63) is 53.9 Å². The molecule has 0 bridgehead atoms. The molecule has 0 spiro atoms. The minimum atomic E-state index is -2.95. The quantitative estimate of drug-likeness (QED) is 0.582. The molecule has 0 saturated carbocycles. The number of hydrogen-bond acceptors (Lipinski definition) is 6. The minimum absolute atomic E-state index is 0.0137. The van der Waals surface area contributed by atoms with Gasteiger partial charge in [0, 0.05) is 25.3 Å². The highest BCUT2D eigenvalue weighted by atomic mass is 19.3. The largest absolute Gasteiger partial charge is 0.487 e. The normalized spacial score (nSPS) is 18.5. The number of pyridine rings is 1. The molecule has 0 radical (unpaired) electrons. The van der Waals surface area contributed by atoms with E-state index >= 15 is 0 Å². The van der Waals surface area contributed by atoms with Gasteiger partial charge in [-0.05, 0) is 62.9 Å². The predicted molar refractivity (Wildman–Crippen MR) is 119 cm³/mol. The lowest BCUT2D eigenvalue weighted by Crippen LogP contribution is -2.42. The SMILES string of the molecule is CC(=O)CN1C[C@H](c2ccc(OC(F)F)c(OC(C)C)c2)C[C@@H]1CNC(=O)c1ccccn1. The summed E-state index contributed by atoms with van der Waals surface area (Å²) in [7, 11) is 0. The molecule has 1 aliphatic rings. The van der Waals surface area contributed by atoms with E-state index in [1.807, 2.05) is 18.7 Å². The van der Waals surface area contributed by atoms with Crippen molar-refractivity contribution in [3.63, 3.8) is 0 Å². The second-order valence-electron chi connectivity index (χ2n) is 8.39. The number of alkyl halides is 2. The average molecular weight is 462 g/mol. The summed E-state index contributed by atoms with van der Waals surface area (Å²) in [4.78, 5) is 30.3. The molecular formula is C24H29F2N3O4. The molecule has 1 aromatic heterocycles. The first-order valence-electron chi connectivity index (χ1n) is 10.9. The van der Waals surface area contributed by atoms with Crippen molar-refractivity contribution >= 4 is 11.7 Å². The molecule has 3 rings (SSSR count). The van der Waals surface area contributed by atoms with Crippen molar-refractivity contribution in [2.24, 2.45) is 0 Å². The molecule has 33 heavy (non-hydrogen) atoms. The van der Waals surface area contributed by atoms with Gasteiger partial charge in [-0.2, -0.15) is 8.78 Å². The van der Waals surface area contributed by atoms with Gasteiger partial charge in [0.2, 0.25) is 0 Å². The third-order valence-corrected chi connectivity index (χ3v) is 5.37. The Hall–Kier alpha value is -3.07. The molecule has 1 aromatic carbocycles. The van der Waals surface area contributed by atoms with Crippen LogP contribution in [0.1, 0.15) is 49.2 Å². The zero-order chi connectivity index (χ0) is 24.0. The number of carbonyl (C=O) groups excluding carboxylic acids is 2. The van der Waals surface area contributed by atoms with E-state index in [0.29, 0.717) is 25.2 Å². The Morgan fingerprint density at radius 1 is 1.18 bits per heavy atom. The Labute approximate surface area is 192 Å². The first-order chi connectivity index (χ1) is 15.7. The van der Waals surface area contributed by atoms with Gasteiger partial charge in [0.1, 0.15) is 11.5 Å². The van der Waals surface area contributed by atoms with Crippen LogP contribution in [0.25, 0.3) is 0 Å². The van der Waals surface area contributed by atoms with E-state index in [-0.39, 0.29) is 47.8 Å². The summed E-state index contributed by atoms with van der Waals surface area (Å²) in [6.45, 7) is 3.42. The summed E-state index contributed by atoms with van der Waals surface area (Å²) in [6.07, 6.45) is 2.03. The smallest absolute Gasteiger partial charge is 0.387 e. The Morgan fingerprint density at radius 2 is 1.97 bits per heavy atom. The minimum Gasteiger partial charge on any atom is -0.487 e. The lowest BCUT2D eigenvalue weighted by atomic mass is 9.96. The number of halogens is 2. The highest BCUT2D eigenvalue weighted by Crippen LogP contribution is 2.37. The number of ketones is 1. The van der Waals surface area contributed by atoms with E-state index in [1.165, 1.54) is 13.0 Å². The molecular weight excluding hydrogens is 432 g/mol. The van der Waals surface area contributed by atoms with Crippen LogP contribution in [-0.2, 0) is 4.79 Å².